The molecule has 2 aliphatic rings. The van der Waals surface area contributed by atoms with Crippen molar-refractivity contribution >= 4 is 27.7 Å². The SMILES string of the molecule is Cc1ccc(S(=O)(=O)N2CSCC2C(=O)N2CCCC2)cc1. The standard InChI is InChI=1S/C15H20N2O3S2/c1-12-4-6-13(7-5-12)22(19,20)17-11-21-10-14(17)15(18)16-8-2-3-9-16/h4-7,14H,2-3,8-11H2,1H3. The lowest BCUT2D eigenvalue weighted by atomic mass is 10.2. The summed E-state index contributed by atoms with van der Waals surface area (Å²) in [5.74, 6) is 0.846. The molecule has 0 bridgehead atoms. The number of sulfonamides is 1. The number of benzene rings is 1. The Labute approximate surface area is 135 Å². The Morgan fingerprint density at radius 3 is 2.45 bits per heavy atom. The van der Waals surface area contributed by atoms with E-state index in [9.17, 15) is 13.2 Å². The first-order chi connectivity index (χ1) is 10.5. The number of hydrogen-bond donors (Lipinski definition) is 0. The Morgan fingerprint density at radius 1 is 1.18 bits per heavy atom. The number of carbonyl (C=O) groups is 1. The first-order valence-electron chi connectivity index (χ1n) is 7.45. The average molecular weight is 340 g/mol. The molecule has 3 rings (SSSR count). The van der Waals surface area contributed by atoms with Crippen molar-refractivity contribution in [1.29, 1.82) is 0 Å². The second kappa shape index (κ2) is 6.22. The van der Waals surface area contributed by atoms with E-state index in [2.05, 4.69) is 0 Å². The van der Waals surface area contributed by atoms with Crippen LogP contribution in [0.5, 0.6) is 0 Å². The second-order valence-corrected chi connectivity index (χ2v) is 8.64. The van der Waals surface area contributed by atoms with E-state index in [1.807, 2.05) is 6.92 Å². The van der Waals surface area contributed by atoms with E-state index in [0.29, 0.717) is 11.6 Å². The number of aryl methyl sites for hydroxylation is 1. The molecule has 7 heteroatoms. The highest BCUT2D eigenvalue weighted by Crippen LogP contribution is 2.30. The van der Waals surface area contributed by atoms with Crippen LogP contribution in [0.15, 0.2) is 29.2 Å². The monoisotopic (exact) mass is 340 g/mol. The van der Waals surface area contributed by atoms with Crippen LogP contribution < -0.4 is 0 Å². The van der Waals surface area contributed by atoms with Crippen molar-refractivity contribution in [3.63, 3.8) is 0 Å². The van der Waals surface area contributed by atoms with Crippen LogP contribution in [-0.2, 0) is 14.8 Å². The van der Waals surface area contributed by atoms with Crippen LogP contribution in [0.1, 0.15) is 18.4 Å². The molecular formula is C15H20N2O3S2. The van der Waals surface area contributed by atoms with Gasteiger partial charge in [-0.1, -0.05) is 17.7 Å². The molecule has 0 N–H and O–H groups in total. The van der Waals surface area contributed by atoms with Crippen LogP contribution in [0.25, 0.3) is 0 Å². The van der Waals surface area contributed by atoms with Crippen molar-refractivity contribution in [2.45, 2.75) is 30.7 Å². The largest absolute Gasteiger partial charge is 0.341 e. The van der Waals surface area contributed by atoms with Gasteiger partial charge < -0.3 is 4.90 Å². The molecule has 1 amide bonds. The van der Waals surface area contributed by atoms with Gasteiger partial charge in [0.1, 0.15) is 6.04 Å². The van der Waals surface area contributed by atoms with Crippen LogP contribution in [0.2, 0.25) is 0 Å². The molecule has 1 unspecified atom stereocenters. The molecule has 1 atom stereocenters. The van der Waals surface area contributed by atoms with Crippen LogP contribution in [0.3, 0.4) is 0 Å². The highest BCUT2D eigenvalue weighted by Gasteiger charge is 2.42. The molecule has 22 heavy (non-hydrogen) atoms. The molecule has 0 aliphatic carbocycles. The summed E-state index contributed by atoms with van der Waals surface area (Å²) in [4.78, 5) is 14.7. The van der Waals surface area contributed by atoms with Crippen molar-refractivity contribution < 1.29 is 13.2 Å². The molecule has 0 aromatic heterocycles. The number of carbonyl (C=O) groups excluding carboxylic acids is 1. The maximum atomic E-state index is 12.8. The highest BCUT2D eigenvalue weighted by atomic mass is 32.2. The zero-order chi connectivity index (χ0) is 15.7. The smallest absolute Gasteiger partial charge is 0.244 e. The molecule has 2 heterocycles. The zero-order valence-corrected chi connectivity index (χ0v) is 14.2. The number of rotatable bonds is 3. The summed E-state index contributed by atoms with van der Waals surface area (Å²) in [6.45, 7) is 3.42. The van der Waals surface area contributed by atoms with Crippen molar-refractivity contribution in [2.75, 3.05) is 24.7 Å². The number of amides is 1. The predicted octanol–water partition coefficient (Wildman–Crippen LogP) is 1.68. The van der Waals surface area contributed by atoms with Gasteiger partial charge >= 0.3 is 0 Å². The molecule has 2 fully saturated rings. The quantitative estimate of drug-likeness (QED) is 0.840. The van der Waals surface area contributed by atoms with Gasteiger partial charge in [-0.25, -0.2) is 8.42 Å². The van der Waals surface area contributed by atoms with Gasteiger partial charge in [-0.2, -0.15) is 4.31 Å². The molecule has 0 spiro atoms. The number of hydrogen-bond acceptors (Lipinski definition) is 4. The third-order valence-electron chi connectivity index (χ3n) is 4.17. The van der Waals surface area contributed by atoms with Crippen LogP contribution >= 0.6 is 11.8 Å². The van der Waals surface area contributed by atoms with Crippen molar-refractivity contribution in [3.8, 4) is 0 Å². The minimum Gasteiger partial charge on any atom is -0.341 e. The van der Waals surface area contributed by atoms with Crippen molar-refractivity contribution in [2.24, 2.45) is 0 Å². The van der Waals surface area contributed by atoms with Crippen LogP contribution in [0.4, 0.5) is 0 Å². The maximum Gasteiger partial charge on any atom is 0.244 e. The van der Waals surface area contributed by atoms with Gasteiger partial charge in [0, 0.05) is 18.8 Å². The first-order valence-corrected chi connectivity index (χ1v) is 10.0. The zero-order valence-electron chi connectivity index (χ0n) is 12.6. The summed E-state index contributed by atoms with van der Waals surface area (Å²) < 4.78 is 27.0. The molecule has 5 nitrogen and oxygen atoms in total. The first kappa shape index (κ1) is 15.8. The molecule has 2 saturated heterocycles. The van der Waals surface area contributed by atoms with Gasteiger partial charge in [0.25, 0.3) is 0 Å². The molecular weight excluding hydrogens is 320 g/mol. The minimum absolute atomic E-state index is 0.0433. The lowest BCUT2D eigenvalue weighted by Crippen LogP contribution is -2.48. The second-order valence-electron chi connectivity index (χ2n) is 5.75. The fraction of sp³-hybridized carbons (Fsp3) is 0.533. The Morgan fingerprint density at radius 2 is 1.82 bits per heavy atom. The van der Waals surface area contributed by atoms with E-state index in [4.69, 9.17) is 0 Å². The number of likely N-dealkylation sites (tertiary alicyclic amines) is 1. The Kier molecular flexibility index (Phi) is 4.47. The average Bonchev–Trinajstić information content (AvgIpc) is 3.19. The third-order valence-corrected chi connectivity index (χ3v) is 7.22. The van der Waals surface area contributed by atoms with E-state index in [0.717, 1.165) is 31.5 Å². The summed E-state index contributed by atoms with van der Waals surface area (Å²) in [7, 11) is -3.61. The molecule has 0 saturated carbocycles. The maximum absolute atomic E-state index is 12.8. The van der Waals surface area contributed by atoms with Gasteiger partial charge in [0.15, 0.2) is 0 Å². The van der Waals surface area contributed by atoms with Gasteiger partial charge in [-0.3, -0.25) is 4.79 Å². The Hall–Kier alpha value is -1.05. The molecule has 2 aliphatic heterocycles. The van der Waals surface area contributed by atoms with E-state index in [-0.39, 0.29) is 10.8 Å². The fourth-order valence-electron chi connectivity index (χ4n) is 2.85. The van der Waals surface area contributed by atoms with E-state index < -0.39 is 16.1 Å². The van der Waals surface area contributed by atoms with Crippen LogP contribution in [-0.4, -0.2) is 54.3 Å². The summed E-state index contributed by atoms with van der Waals surface area (Å²) in [6, 6.07) is 6.24. The fourth-order valence-corrected chi connectivity index (χ4v) is 5.99. The van der Waals surface area contributed by atoms with E-state index in [1.54, 1.807) is 29.2 Å². The van der Waals surface area contributed by atoms with E-state index in [1.165, 1.54) is 16.1 Å². The van der Waals surface area contributed by atoms with Gasteiger partial charge in [0.05, 0.1) is 10.8 Å². The molecule has 0 radical (unpaired) electrons. The molecule has 1 aromatic carbocycles. The number of nitrogens with zero attached hydrogens (tertiary/aromatic N) is 2. The van der Waals surface area contributed by atoms with Gasteiger partial charge in [0.2, 0.25) is 15.9 Å². The Balaban J connectivity index is 1.85. The van der Waals surface area contributed by atoms with Crippen LogP contribution in [0, 0.1) is 6.92 Å². The third kappa shape index (κ3) is 2.89. The molecule has 1 aromatic rings. The minimum atomic E-state index is -3.61. The normalized spacial score (nSPS) is 23.1. The highest BCUT2D eigenvalue weighted by molar-refractivity contribution is 8.00. The van der Waals surface area contributed by atoms with Gasteiger partial charge in [-0.15, -0.1) is 11.8 Å². The van der Waals surface area contributed by atoms with E-state index >= 15 is 0 Å². The lowest BCUT2D eigenvalue weighted by Gasteiger charge is -2.26. The number of thioether (sulfide) groups is 1. The van der Waals surface area contributed by atoms with Crippen molar-refractivity contribution in [1.82, 2.24) is 9.21 Å². The summed E-state index contributed by atoms with van der Waals surface area (Å²) in [6.07, 6.45) is 2.02. The lowest BCUT2D eigenvalue weighted by molar-refractivity contribution is -0.133. The summed E-state index contributed by atoms with van der Waals surface area (Å²) >= 11 is 1.50. The summed E-state index contributed by atoms with van der Waals surface area (Å²) in [5.41, 5.74) is 1.01. The Bertz CT molecular complexity index is 652. The topological polar surface area (TPSA) is 57.7 Å². The molecule has 120 valence electrons. The van der Waals surface area contributed by atoms with Gasteiger partial charge in [-0.05, 0) is 31.9 Å². The van der Waals surface area contributed by atoms with Crippen molar-refractivity contribution in [3.05, 3.63) is 29.8 Å². The summed E-state index contributed by atoms with van der Waals surface area (Å²) in [5, 5.41) is 0. The predicted molar refractivity (Wildman–Crippen MR) is 87.1 cm³/mol.